The molecule has 0 bridgehead atoms. The molecule has 1 fully saturated rings. The molecule has 5 nitrogen and oxygen atoms in total. The first-order chi connectivity index (χ1) is 12.0. The van der Waals surface area contributed by atoms with Crippen LogP contribution in [0.15, 0.2) is 36.7 Å². The van der Waals surface area contributed by atoms with E-state index in [-0.39, 0.29) is 5.91 Å². The van der Waals surface area contributed by atoms with Crippen LogP contribution >= 0.6 is 0 Å². The number of aromatic nitrogens is 2. The number of nitrogens with one attached hydrogen (secondary N) is 1. The lowest BCUT2D eigenvalue weighted by atomic mass is 10.00. The van der Waals surface area contributed by atoms with E-state index in [0.29, 0.717) is 17.4 Å². The van der Waals surface area contributed by atoms with E-state index in [2.05, 4.69) is 41.0 Å². The van der Waals surface area contributed by atoms with E-state index in [1.165, 1.54) is 5.56 Å². The Morgan fingerprint density at radius 2 is 1.72 bits per heavy atom. The van der Waals surface area contributed by atoms with Gasteiger partial charge in [-0.2, -0.15) is 0 Å². The summed E-state index contributed by atoms with van der Waals surface area (Å²) in [4.78, 5) is 23.3. The molecule has 1 saturated heterocycles. The van der Waals surface area contributed by atoms with Crippen molar-refractivity contribution >= 4 is 17.5 Å². The number of amides is 1. The van der Waals surface area contributed by atoms with E-state index < -0.39 is 0 Å². The molecule has 25 heavy (non-hydrogen) atoms. The lowest BCUT2D eigenvalue weighted by molar-refractivity contribution is 0.102. The Balaban J connectivity index is 1.62. The highest BCUT2D eigenvalue weighted by atomic mass is 16.1. The van der Waals surface area contributed by atoms with Crippen molar-refractivity contribution in [3.8, 4) is 0 Å². The van der Waals surface area contributed by atoms with Gasteiger partial charge in [0.25, 0.3) is 5.91 Å². The van der Waals surface area contributed by atoms with E-state index in [9.17, 15) is 4.79 Å². The zero-order valence-electron chi connectivity index (χ0n) is 15.2. The molecular weight excluding hydrogens is 312 g/mol. The predicted molar refractivity (Wildman–Crippen MR) is 101 cm³/mol. The largest absolute Gasteiger partial charge is 0.341 e. The Kier molecular flexibility index (Phi) is 5.31. The second-order valence-electron chi connectivity index (χ2n) is 7.17. The smallest absolute Gasteiger partial charge is 0.258 e. The van der Waals surface area contributed by atoms with E-state index in [1.54, 1.807) is 12.4 Å². The van der Waals surface area contributed by atoms with Crippen LogP contribution in [0.2, 0.25) is 0 Å². The van der Waals surface area contributed by atoms with Crippen LogP contribution in [0.25, 0.3) is 0 Å². The van der Waals surface area contributed by atoms with Gasteiger partial charge in [0.1, 0.15) is 0 Å². The third-order valence-electron chi connectivity index (χ3n) is 4.80. The molecule has 1 aliphatic heterocycles. The topological polar surface area (TPSA) is 58.1 Å². The van der Waals surface area contributed by atoms with Crippen LogP contribution in [0.4, 0.5) is 11.6 Å². The standard InChI is InChI=1S/C20H26N4O/c1-14(2)16-4-6-18(7-5-16)23-19(25)17-12-21-20(22-13-17)24-10-8-15(3)9-11-24/h4-7,12-15H,8-11H2,1-3H3,(H,23,25). The number of piperidine rings is 1. The van der Waals surface area contributed by atoms with E-state index >= 15 is 0 Å². The summed E-state index contributed by atoms with van der Waals surface area (Å²) in [5.74, 6) is 1.77. The first-order valence-electron chi connectivity index (χ1n) is 9.01. The van der Waals surface area contributed by atoms with Gasteiger partial charge in [0.05, 0.1) is 5.56 Å². The van der Waals surface area contributed by atoms with Gasteiger partial charge in [-0.15, -0.1) is 0 Å². The summed E-state index contributed by atoms with van der Waals surface area (Å²) in [6.07, 6.45) is 5.55. The van der Waals surface area contributed by atoms with Gasteiger partial charge in [-0.25, -0.2) is 9.97 Å². The molecule has 2 aromatic rings. The predicted octanol–water partition coefficient (Wildman–Crippen LogP) is 4.09. The quantitative estimate of drug-likeness (QED) is 0.912. The van der Waals surface area contributed by atoms with Crippen LogP contribution in [0.1, 0.15) is 55.5 Å². The Labute approximate surface area is 149 Å². The SMILES string of the molecule is CC1CCN(c2ncc(C(=O)Nc3ccc(C(C)C)cc3)cn2)CC1. The first-order valence-corrected chi connectivity index (χ1v) is 9.01. The molecule has 0 aliphatic carbocycles. The van der Waals surface area contributed by atoms with E-state index in [4.69, 9.17) is 0 Å². The number of hydrogen-bond donors (Lipinski definition) is 1. The van der Waals surface area contributed by atoms with Crippen molar-refractivity contribution in [3.63, 3.8) is 0 Å². The van der Waals surface area contributed by atoms with Crippen LogP contribution in [-0.4, -0.2) is 29.0 Å². The monoisotopic (exact) mass is 338 g/mol. The molecule has 1 aliphatic rings. The molecule has 0 spiro atoms. The fourth-order valence-corrected chi connectivity index (χ4v) is 2.96. The number of rotatable bonds is 4. The Morgan fingerprint density at radius 1 is 1.12 bits per heavy atom. The maximum atomic E-state index is 12.4. The molecule has 1 amide bonds. The maximum Gasteiger partial charge on any atom is 0.258 e. The second-order valence-corrected chi connectivity index (χ2v) is 7.17. The third kappa shape index (κ3) is 4.35. The Morgan fingerprint density at radius 3 is 2.28 bits per heavy atom. The normalized spacial score (nSPS) is 15.4. The van der Waals surface area contributed by atoms with Crippen molar-refractivity contribution in [1.29, 1.82) is 0 Å². The van der Waals surface area contributed by atoms with Gasteiger partial charge in [0.15, 0.2) is 0 Å². The number of hydrogen-bond acceptors (Lipinski definition) is 4. The summed E-state index contributed by atoms with van der Waals surface area (Å²) in [6.45, 7) is 8.54. The Bertz CT molecular complexity index is 701. The van der Waals surface area contributed by atoms with Crippen LogP contribution in [0.5, 0.6) is 0 Å². The van der Waals surface area contributed by atoms with Gasteiger partial charge in [-0.3, -0.25) is 4.79 Å². The Hall–Kier alpha value is -2.43. The minimum absolute atomic E-state index is 0.184. The van der Waals surface area contributed by atoms with E-state index in [0.717, 1.165) is 37.5 Å². The lowest BCUT2D eigenvalue weighted by Crippen LogP contribution is -2.34. The van der Waals surface area contributed by atoms with Gasteiger partial charge >= 0.3 is 0 Å². The van der Waals surface area contributed by atoms with Gasteiger partial charge in [0.2, 0.25) is 5.95 Å². The van der Waals surface area contributed by atoms with Crippen molar-refractivity contribution in [2.45, 2.75) is 39.5 Å². The van der Waals surface area contributed by atoms with Gasteiger partial charge < -0.3 is 10.2 Å². The molecular formula is C20H26N4O. The van der Waals surface area contributed by atoms with Crippen LogP contribution in [-0.2, 0) is 0 Å². The molecule has 2 heterocycles. The third-order valence-corrected chi connectivity index (χ3v) is 4.80. The molecule has 0 atom stereocenters. The summed E-state index contributed by atoms with van der Waals surface area (Å²) in [6, 6.07) is 7.93. The fourth-order valence-electron chi connectivity index (χ4n) is 2.96. The first kappa shape index (κ1) is 17.4. The molecule has 5 heteroatoms. The average Bonchev–Trinajstić information content (AvgIpc) is 2.63. The van der Waals surface area contributed by atoms with Gasteiger partial charge in [-0.1, -0.05) is 32.9 Å². The van der Waals surface area contributed by atoms with E-state index in [1.807, 2.05) is 24.3 Å². The highest BCUT2D eigenvalue weighted by molar-refractivity contribution is 6.03. The van der Waals surface area contributed by atoms with Crippen molar-refractivity contribution in [3.05, 3.63) is 47.8 Å². The average molecular weight is 338 g/mol. The van der Waals surface area contributed by atoms with Gasteiger partial charge in [0, 0.05) is 31.2 Å². The van der Waals surface area contributed by atoms with Crippen molar-refractivity contribution in [2.24, 2.45) is 5.92 Å². The summed E-state index contributed by atoms with van der Waals surface area (Å²) in [5.41, 5.74) is 2.51. The van der Waals surface area contributed by atoms with Crippen LogP contribution in [0, 0.1) is 5.92 Å². The van der Waals surface area contributed by atoms with Crippen molar-refractivity contribution in [1.82, 2.24) is 9.97 Å². The summed E-state index contributed by atoms with van der Waals surface area (Å²) in [7, 11) is 0. The molecule has 3 rings (SSSR count). The summed E-state index contributed by atoms with van der Waals surface area (Å²) in [5, 5.41) is 2.90. The molecule has 0 unspecified atom stereocenters. The van der Waals surface area contributed by atoms with Crippen LogP contribution < -0.4 is 10.2 Å². The number of carbonyl (C=O) groups excluding carboxylic acids is 1. The molecule has 0 saturated carbocycles. The van der Waals surface area contributed by atoms with Crippen LogP contribution in [0.3, 0.4) is 0 Å². The highest BCUT2D eigenvalue weighted by Gasteiger charge is 2.18. The molecule has 1 aromatic carbocycles. The fraction of sp³-hybridized carbons (Fsp3) is 0.450. The minimum atomic E-state index is -0.184. The molecule has 1 aromatic heterocycles. The number of benzene rings is 1. The maximum absolute atomic E-state index is 12.4. The summed E-state index contributed by atoms with van der Waals surface area (Å²) < 4.78 is 0. The number of nitrogens with zero attached hydrogens (tertiary/aromatic N) is 3. The van der Waals surface area contributed by atoms with Gasteiger partial charge in [-0.05, 0) is 42.4 Å². The lowest BCUT2D eigenvalue weighted by Gasteiger charge is -2.30. The molecule has 1 N–H and O–H groups in total. The highest BCUT2D eigenvalue weighted by Crippen LogP contribution is 2.20. The number of anilines is 2. The molecule has 0 radical (unpaired) electrons. The molecule has 132 valence electrons. The summed E-state index contributed by atoms with van der Waals surface area (Å²) >= 11 is 0. The van der Waals surface area contributed by atoms with Crippen molar-refractivity contribution < 1.29 is 4.79 Å². The number of carbonyl (C=O) groups is 1. The minimum Gasteiger partial charge on any atom is -0.341 e. The van der Waals surface area contributed by atoms with Crippen molar-refractivity contribution in [2.75, 3.05) is 23.3 Å². The zero-order chi connectivity index (χ0) is 17.8. The second kappa shape index (κ2) is 7.64. The zero-order valence-corrected chi connectivity index (χ0v) is 15.2.